The highest BCUT2D eigenvalue weighted by Gasteiger charge is 2.22. The number of alkyl halides is 2. The Morgan fingerprint density at radius 1 is 1.33 bits per heavy atom. The summed E-state index contributed by atoms with van der Waals surface area (Å²) in [6, 6.07) is 6.93. The fourth-order valence-corrected chi connectivity index (χ4v) is 1.99. The zero-order chi connectivity index (χ0) is 15.2. The third-order valence-corrected chi connectivity index (χ3v) is 3.35. The Morgan fingerprint density at radius 3 is 2.57 bits per heavy atom. The third-order valence-electron chi connectivity index (χ3n) is 3.35. The van der Waals surface area contributed by atoms with E-state index in [1.807, 2.05) is 6.92 Å². The molecule has 116 valence electrons. The van der Waals surface area contributed by atoms with Gasteiger partial charge in [-0.15, -0.1) is 0 Å². The predicted molar refractivity (Wildman–Crippen MR) is 75.3 cm³/mol. The summed E-state index contributed by atoms with van der Waals surface area (Å²) >= 11 is 0. The smallest absolute Gasteiger partial charge is 0.387 e. The molecule has 1 aromatic rings. The van der Waals surface area contributed by atoms with Gasteiger partial charge in [0.15, 0.2) is 0 Å². The van der Waals surface area contributed by atoms with Gasteiger partial charge in [0, 0.05) is 25.0 Å². The number of ether oxygens (including phenoxy) is 1. The first kappa shape index (κ1) is 15.7. The van der Waals surface area contributed by atoms with Crippen LogP contribution in [0, 0.1) is 0 Å². The summed E-state index contributed by atoms with van der Waals surface area (Å²) in [6.45, 7) is -0.270. The molecule has 1 amide bonds. The number of hydrogen-bond acceptors (Lipinski definition) is 3. The van der Waals surface area contributed by atoms with E-state index in [1.165, 1.54) is 12.1 Å². The minimum Gasteiger partial charge on any atom is -0.435 e. The van der Waals surface area contributed by atoms with Crippen LogP contribution in [0.2, 0.25) is 0 Å². The summed E-state index contributed by atoms with van der Waals surface area (Å²) in [7, 11) is 0. The molecule has 21 heavy (non-hydrogen) atoms. The van der Waals surface area contributed by atoms with E-state index in [0.29, 0.717) is 19.0 Å². The monoisotopic (exact) mass is 298 g/mol. The van der Waals surface area contributed by atoms with Crippen molar-refractivity contribution in [3.05, 3.63) is 29.8 Å². The SMILES string of the molecule is CC(NCCC(=O)NC1CC1)c1ccc(OC(F)F)cc1. The molecule has 1 unspecified atom stereocenters. The van der Waals surface area contributed by atoms with Crippen molar-refractivity contribution in [3.8, 4) is 5.75 Å². The molecule has 1 atom stereocenters. The van der Waals surface area contributed by atoms with E-state index in [1.54, 1.807) is 12.1 Å². The molecule has 0 spiro atoms. The predicted octanol–water partition coefficient (Wildman–Crippen LogP) is 2.61. The highest BCUT2D eigenvalue weighted by atomic mass is 19.3. The molecule has 0 heterocycles. The molecule has 1 fully saturated rings. The van der Waals surface area contributed by atoms with Gasteiger partial charge in [0.25, 0.3) is 0 Å². The Balaban J connectivity index is 1.71. The maximum atomic E-state index is 12.0. The fraction of sp³-hybridized carbons (Fsp3) is 0.533. The van der Waals surface area contributed by atoms with Crippen LogP contribution in [0.4, 0.5) is 8.78 Å². The minimum atomic E-state index is -2.81. The van der Waals surface area contributed by atoms with Gasteiger partial charge in [-0.3, -0.25) is 4.79 Å². The molecule has 1 aliphatic carbocycles. The number of amides is 1. The van der Waals surface area contributed by atoms with Crippen molar-refractivity contribution >= 4 is 5.91 Å². The second-order valence-corrected chi connectivity index (χ2v) is 5.22. The van der Waals surface area contributed by atoms with Crippen molar-refractivity contribution in [3.63, 3.8) is 0 Å². The van der Waals surface area contributed by atoms with Gasteiger partial charge in [-0.25, -0.2) is 0 Å². The molecule has 0 saturated heterocycles. The van der Waals surface area contributed by atoms with E-state index >= 15 is 0 Å². The number of benzene rings is 1. The molecule has 1 aliphatic rings. The Kier molecular flexibility index (Phi) is 5.50. The lowest BCUT2D eigenvalue weighted by Gasteiger charge is -2.15. The fourth-order valence-electron chi connectivity index (χ4n) is 1.99. The molecule has 0 radical (unpaired) electrons. The van der Waals surface area contributed by atoms with Crippen LogP contribution in [0.1, 0.15) is 37.8 Å². The maximum absolute atomic E-state index is 12.0. The van der Waals surface area contributed by atoms with E-state index in [9.17, 15) is 13.6 Å². The van der Waals surface area contributed by atoms with Crippen molar-refractivity contribution < 1.29 is 18.3 Å². The van der Waals surface area contributed by atoms with Crippen molar-refractivity contribution in [2.75, 3.05) is 6.54 Å². The van der Waals surface area contributed by atoms with Crippen LogP contribution >= 0.6 is 0 Å². The Morgan fingerprint density at radius 2 is 2.00 bits per heavy atom. The summed E-state index contributed by atoms with van der Waals surface area (Å²) in [4.78, 5) is 11.5. The topological polar surface area (TPSA) is 50.4 Å². The Bertz CT molecular complexity index is 461. The first-order valence-corrected chi connectivity index (χ1v) is 7.12. The van der Waals surface area contributed by atoms with E-state index in [-0.39, 0.29) is 17.7 Å². The second-order valence-electron chi connectivity index (χ2n) is 5.22. The lowest BCUT2D eigenvalue weighted by atomic mass is 10.1. The zero-order valence-electron chi connectivity index (χ0n) is 11.9. The van der Waals surface area contributed by atoms with Gasteiger partial charge in [0.05, 0.1) is 0 Å². The van der Waals surface area contributed by atoms with Crippen LogP contribution < -0.4 is 15.4 Å². The van der Waals surface area contributed by atoms with Crippen LogP contribution in [0.25, 0.3) is 0 Å². The van der Waals surface area contributed by atoms with Crippen LogP contribution in [0.3, 0.4) is 0 Å². The van der Waals surface area contributed by atoms with Gasteiger partial charge in [0.2, 0.25) is 5.91 Å². The Hall–Kier alpha value is -1.69. The maximum Gasteiger partial charge on any atom is 0.387 e. The summed E-state index contributed by atoms with van der Waals surface area (Å²) in [5.41, 5.74) is 0.958. The van der Waals surface area contributed by atoms with Gasteiger partial charge in [-0.05, 0) is 37.5 Å². The number of nitrogens with one attached hydrogen (secondary N) is 2. The first-order valence-electron chi connectivity index (χ1n) is 7.12. The lowest BCUT2D eigenvalue weighted by Crippen LogP contribution is -2.30. The lowest BCUT2D eigenvalue weighted by molar-refractivity contribution is -0.121. The minimum absolute atomic E-state index is 0.0410. The molecule has 1 aromatic carbocycles. The number of carbonyl (C=O) groups excluding carboxylic acids is 1. The molecule has 0 aromatic heterocycles. The molecule has 6 heteroatoms. The van der Waals surface area contributed by atoms with E-state index in [0.717, 1.165) is 18.4 Å². The summed E-state index contributed by atoms with van der Waals surface area (Å²) < 4.78 is 28.4. The molecular formula is C15H20F2N2O2. The van der Waals surface area contributed by atoms with Crippen molar-refractivity contribution in [1.29, 1.82) is 0 Å². The number of rotatable bonds is 8. The van der Waals surface area contributed by atoms with Crippen molar-refractivity contribution in [2.24, 2.45) is 0 Å². The molecule has 4 nitrogen and oxygen atoms in total. The molecule has 0 aliphatic heterocycles. The van der Waals surface area contributed by atoms with Gasteiger partial charge in [-0.2, -0.15) is 8.78 Å². The van der Waals surface area contributed by atoms with Crippen LogP contribution in [-0.4, -0.2) is 25.1 Å². The summed E-state index contributed by atoms with van der Waals surface area (Å²) in [5, 5.41) is 6.16. The largest absolute Gasteiger partial charge is 0.435 e. The van der Waals surface area contributed by atoms with E-state index in [4.69, 9.17) is 0 Å². The molecule has 2 N–H and O–H groups in total. The van der Waals surface area contributed by atoms with Gasteiger partial charge in [0.1, 0.15) is 5.75 Å². The van der Waals surface area contributed by atoms with Crippen molar-refractivity contribution in [2.45, 2.75) is 44.9 Å². The van der Waals surface area contributed by atoms with Gasteiger partial charge >= 0.3 is 6.61 Å². The molecular weight excluding hydrogens is 278 g/mol. The number of carbonyl (C=O) groups is 1. The second kappa shape index (κ2) is 7.36. The average molecular weight is 298 g/mol. The van der Waals surface area contributed by atoms with Crippen LogP contribution in [0.5, 0.6) is 5.75 Å². The quantitative estimate of drug-likeness (QED) is 0.775. The highest BCUT2D eigenvalue weighted by molar-refractivity contribution is 5.76. The highest BCUT2D eigenvalue weighted by Crippen LogP contribution is 2.20. The summed E-state index contributed by atoms with van der Waals surface area (Å²) in [6.07, 6.45) is 2.61. The first-order chi connectivity index (χ1) is 10.0. The van der Waals surface area contributed by atoms with Gasteiger partial charge in [-0.1, -0.05) is 12.1 Å². The van der Waals surface area contributed by atoms with Crippen LogP contribution in [0.15, 0.2) is 24.3 Å². The molecule has 1 saturated carbocycles. The number of halogens is 2. The standard InChI is InChI=1S/C15H20F2N2O2/c1-10(18-9-8-14(20)19-12-4-5-12)11-2-6-13(7-3-11)21-15(16)17/h2-3,6-7,10,12,15,18H,4-5,8-9H2,1H3,(H,19,20). The average Bonchev–Trinajstić information content (AvgIpc) is 3.22. The van der Waals surface area contributed by atoms with E-state index < -0.39 is 6.61 Å². The summed E-state index contributed by atoms with van der Waals surface area (Å²) in [5.74, 6) is 0.211. The normalized spacial score (nSPS) is 15.8. The molecule has 0 bridgehead atoms. The zero-order valence-corrected chi connectivity index (χ0v) is 11.9. The van der Waals surface area contributed by atoms with E-state index in [2.05, 4.69) is 15.4 Å². The van der Waals surface area contributed by atoms with Gasteiger partial charge < -0.3 is 15.4 Å². The molecule has 2 rings (SSSR count). The third kappa shape index (κ3) is 5.67. The van der Waals surface area contributed by atoms with Crippen LogP contribution in [-0.2, 0) is 4.79 Å². The van der Waals surface area contributed by atoms with Crippen molar-refractivity contribution in [1.82, 2.24) is 10.6 Å². The number of hydrogen-bond donors (Lipinski definition) is 2. The Labute approximate surface area is 122 Å².